The maximum absolute atomic E-state index is 12.4. The number of likely N-dealkylation sites (tertiary alicyclic amines) is 1. The van der Waals surface area contributed by atoms with E-state index in [9.17, 15) is 9.59 Å². The number of amides is 2. The molecule has 1 heterocycles. The fourth-order valence-electron chi connectivity index (χ4n) is 3.25. The molecule has 26 heavy (non-hydrogen) atoms. The molecule has 1 aliphatic heterocycles. The SMILES string of the molecule is Cc1ccccc1C(=O)NC1CCN(CC(=O)Nc2ccccc2)CC1. The first kappa shape index (κ1) is 18.1. The number of nitrogens with zero attached hydrogens (tertiary/aromatic N) is 1. The fourth-order valence-corrected chi connectivity index (χ4v) is 3.25. The van der Waals surface area contributed by atoms with E-state index in [1.165, 1.54) is 0 Å². The van der Waals surface area contributed by atoms with E-state index in [-0.39, 0.29) is 17.9 Å². The van der Waals surface area contributed by atoms with Crippen molar-refractivity contribution in [3.05, 3.63) is 65.7 Å². The molecule has 1 aliphatic rings. The normalized spacial score (nSPS) is 15.4. The lowest BCUT2D eigenvalue weighted by Gasteiger charge is -2.32. The topological polar surface area (TPSA) is 61.4 Å². The van der Waals surface area contributed by atoms with Gasteiger partial charge in [-0.05, 0) is 43.5 Å². The van der Waals surface area contributed by atoms with Crippen molar-refractivity contribution in [2.24, 2.45) is 0 Å². The first-order valence-corrected chi connectivity index (χ1v) is 9.05. The number of piperidine rings is 1. The van der Waals surface area contributed by atoms with Crippen LogP contribution in [-0.2, 0) is 4.79 Å². The number of hydrogen-bond acceptors (Lipinski definition) is 3. The van der Waals surface area contributed by atoms with E-state index in [2.05, 4.69) is 15.5 Å². The number of para-hydroxylation sites is 1. The summed E-state index contributed by atoms with van der Waals surface area (Å²) < 4.78 is 0. The smallest absolute Gasteiger partial charge is 0.251 e. The molecule has 0 radical (unpaired) electrons. The van der Waals surface area contributed by atoms with Gasteiger partial charge in [0.25, 0.3) is 5.91 Å². The van der Waals surface area contributed by atoms with Crippen molar-refractivity contribution >= 4 is 17.5 Å². The number of carbonyl (C=O) groups excluding carboxylic acids is 2. The summed E-state index contributed by atoms with van der Waals surface area (Å²) in [5, 5.41) is 6.03. The molecule has 2 amide bonds. The maximum atomic E-state index is 12.4. The van der Waals surface area contributed by atoms with Crippen LogP contribution in [0.5, 0.6) is 0 Å². The first-order chi connectivity index (χ1) is 12.6. The summed E-state index contributed by atoms with van der Waals surface area (Å²) in [4.78, 5) is 26.7. The highest BCUT2D eigenvalue weighted by atomic mass is 16.2. The molecule has 2 aromatic rings. The van der Waals surface area contributed by atoms with Crippen LogP contribution >= 0.6 is 0 Å². The predicted molar refractivity (Wildman–Crippen MR) is 103 cm³/mol. The summed E-state index contributed by atoms with van der Waals surface area (Å²) in [5.41, 5.74) is 2.54. The van der Waals surface area contributed by atoms with Crippen LogP contribution in [0.1, 0.15) is 28.8 Å². The quantitative estimate of drug-likeness (QED) is 0.871. The molecule has 2 N–H and O–H groups in total. The van der Waals surface area contributed by atoms with Gasteiger partial charge in [-0.1, -0.05) is 36.4 Å². The Bertz CT molecular complexity index is 753. The van der Waals surface area contributed by atoms with Crippen LogP contribution in [0, 0.1) is 6.92 Å². The van der Waals surface area contributed by atoms with Gasteiger partial charge in [0.1, 0.15) is 0 Å². The standard InChI is InChI=1S/C21H25N3O2/c1-16-7-5-6-10-19(16)21(26)23-18-11-13-24(14-12-18)15-20(25)22-17-8-3-2-4-9-17/h2-10,18H,11-15H2,1H3,(H,22,25)(H,23,26). The van der Waals surface area contributed by atoms with Crippen molar-refractivity contribution in [3.8, 4) is 0 Å². The fraction of sp³-hybridized carbons (Fsp3) is 0.333. The average Bonchev–Trinajstić information content (AvgIpc) is 2.64. The van der Waals surface area contributed by atoms with Crippen molar-refractivity contribution in [1.82, 2.24) is 10.2 Å². The molecule has 5 heteroatoms. The molecule has 1 fully saturated rings. The number of rotatable bonds is 5. The minimum atomic E-state index is -0.0108. The van der Waals surface area contributed by atoms with Crippen LogP contribution < -0.4 is 10.6 Å². The van der Waals surface area contributed by atoms with Crippen LogP contribution in [0.25, 0.3) is 0 Å². The van der Waals surface area contributed by atoms with E-state index in [0.29, 0.717) is 6.54 Å². The third-order valence-electron chi connectivity index (χ3n) is 4.74. The summed E-state index contributed by atoms with van der Waals surface area (Å²) in [6.45, 7) is 3.94. The molecule has 0 aromatic heterocycles. The van der Waals surface area contributed by atoms with Gasteiger partial charge in [0.2, 0.25) is 5.91 Å². The van der Waals surface area contributed by atoms with Crippen molar-refractivity contribution < 1.29 is 9.59 Å². The molecule has 1 saturated heterocycles. The molecular formula is C21H25N3O2. The second-order valence-corrected chi connectivity index (χ2v) is 6.75. The molecule has 0 unspecified atom stereocenters. The van der Waals surface area contributed by atoms with Crippen LogP contribution in [0.3, 0.4) is 0 Å². The molecule has 0 bridgehead atoms. The van der Waals surface area contributed by atoms with Crippen LogP contribution in [0.4, 0.5) is 5.69 Å². The number of nitrogens with one attached hydrogen (secondary N) is 2. The molecule has 136 valence electrons. The van der Waals surface area contributed by atoms with Gasteiger partial charge in [0.05, 0.1) is 6.54 Å². The molecule has 5 nitrogen and oxygen atoms in total. The van der Waals surface area contributed by atoms with Gasteiger partial charge in [-0.15, -0.1) is 0 Å². The van der Waals surface area contributed by atoms with E-state index in [4.69, 9.17) is 0 Å². The number of aryl methyl sites for hydroxylation is 1. The molecule has 0 saturated carbocycles. The van der Waals surface area contributed by atoms with Crippen molar-refractivity contribution in [2.45, 2.75) is 25.8 Å². The van der Waals surface area contributed by atoms with E-state index < -0.39 is 0 Å². The Morgan fingerprint density at radius 1 is 1.00 bits per heavy atom. The lowest BCUT2D eigenvalue weighted by molar-refractivity contribution is -0.117. The second-order valence-electron chi connectivity index (χ2n) is 6.75. The Hall–Kier alpha value is -2.66. The molecule has 3 rings (SSSR count). The van der Waals surface area contributed by atoms with E-state index in [1.807, 2.05) is 61.5 Å². The lowest BCUT2D eigenvalue weighted by atomic mass is 10.0. The van der Waals surface area contributed by atoms with Crippen molar-refractivity contribution in [3.63, 3.8) is 0 Å². The van der Waals surface area contributed by atoms with Crippen molar-refractivity contribution in [2.75, 3.05) is 25.0 Å². The number of carbonyl (C=O) groups is 2. The summed E-state index contributed by atoms with van der Waals surface area (Å²) in [6, 6.07) is 17.3. The third-order valence-corrected chi connectivity index (χ3v) is 4.74. The Morgan fingerprint density at radius 3 is 2.35 bits per heavy atom. The Balaban J connectivity index is 1.43. The summed E-state index contributed by atoms with van der Waals surface area (Å²) in [6.07, 6.45) is 1.71. The van der Waals surface area contributed by atoms with Crippen LogP contribution in [0.15, 0.2) is 54.6 Å². The number of benzene rings is 2. The molecule has 2 aromatic carbocycles. The summed E-state index contributed by atoms with van der Waals surface area (Å²) >= 11 is 0. The average molecular weight is 351 g/mol. The Kier molecular flexibility index (Phi) is 6.02. The molecule has 0 spiro atoms. The van der Waals surface area contributed by atoms with Crippen LogP contribution in [0.2, 0.25) is 0 Å². The molecule has 0 atom stereocenters. The van der Waals surface area contributed by atoms with Gasteiger partial charge in [-0.3, -0.25) is 14.5 Å². The van der Waals surface area contributed by atoms with Gasteiger partial charge >= 0.3 is 0 Å². The zero-order valence-electron chi connectivity index (χ0n) is 15.1. The van der Waals surface area contributed by atoms with E-state index in [1.54, 1.807) is 0 Å². The Labute approximate surface area is 154 Å². The highest BCUT2D eigenvalue weighted by Crippen LogP contribution is 2.13. The Morgan fingerprint density at radius 2 is 1.65 bits per heavy atom. The predicted octanol–water partition coefficient (Wildman–Crippen LogP) is 2.83. The third kappa shape index (κ3) is 4.92. The van der Waals surface area contributed by atoms with Gasteiger partial charge in [-0.2, -0.15) is 0 Å². The number of hydrogen-bond donors (Lipinski definition) is 2. The van der Waals surface area contributed by atoms with Crippen LogP contribution in [-0.4, -0.2) is 42.4 Å². The minimum absolute atomic E-state index is 0.00130. The minimum Gasteiger partial charge on any atom is -0.349 e. The van der Waals surface area contributed by atoms with Gasteiger partial charge < -0.3 is 10.6 Å². The van der Waals surface area contributed by atoms with Gasteiger partial charge in [-0.25, -0.2) is 0 Å². The maximum Gasteiger partial charge on any atom is 0.251 e. The van der Waals surface area contributed by atoms with E-state index in [0.717, 1.165) is 42.7 Å². The summed E-state index contributed by atoms with van der Waals surface area (Å²) in [7, 11) is 0. The van der Waals surface area contributed by atoms with Gasteiger partial charge in [0, 0.05) is 30.4 Å². The van der Waals surface area contributed by atoms with E-state index >= 15 is 0 Å². The summed E-state index contributed by atoms with van der Waals surface area (Å²) in [5.74, 6) is -0.0121. The van der Waals surface area contributed by atoms with Crippen molar-refractivity contribution in [1.29, 1.82) is 0 Å². The lowest BCUT2D eigenvalue weighted by Crippen LogP contribution is -2.46. The largest absolute Gasteiger partial charge is 0.349 e. The monoisotopic (exact) mass is 351 g/mol. The zero-order chi connectivity index (χ0) is 18.4. The highest BCUT2D eigenvalue weighted by molar-refractivity contribution is 5.95. The molecular weight excluding hydrogens is 326 g/mol. The molecule has 0 aliphatic carbocycles. The first-order valence-electron chi connectivity index (χ1n) is 9.05. The van der Waals surface area contributed by atoms with Gasteiger partial charge in [0.15, 0.2) is 0 Å². The second kappa shape index (κ2) is 8.63. The zero-order valence-corrected chi connectivity index (χ0v) is 15.1. The highest BCUT2D eigenvalue weighted by Gasteiger charge is 2.22. The number of anilines is 1.